The van der Waals surface area contributed by atoms with E-state index in [-0.39, 0.29) is 17.9 Å². The van der Waals surface area contributed by atoms with E-state index in [0.717, 1.165) is 0 Å². The second-order valence-electron chi connectivity index (χ2n) is 3.48. The molecule has 0 spiro atoms. The van der Waals surface area contributed by atoms with Gasteiger partial charge in [0.2, 0.25) is 5.91 Å². The number of pyridine rings is 1. The van der Waals surface area contributed by atoms with Crippen molar-refractivity contribution in [1.82, 2.24) is 4.98 Å². The SMILES string of the molecule is CC(N)C(C)C(=O)Nc1cccnc1Br. The van der Waals surface area contributed by atoms with Gasteiger partial charge < -0.3 is 11.1 Å². The van der Waals surface area contributed by atoms with Gasteiger partial charge in [-0.25, -0.2) is 4.98 Å². The standard InChI is InChI=1S/C10H14BrN3O/c1-6(7(2)12)10(15)14-8-4-3-5-13-9(8)11/h3-7H,12H2,1-2H3,(H,14,15). The second-order valence-corrected chi connectivity index (χ2v) is 4.23. The fourth-order valence-corrected chi connectivity index (χ4v) is 1.31. The van der Waals surface area contributed by atoms with Crippen molar-refractivity contribution in [2.24, 2.45) is 11.7 Å². The summed E-state index contributed by atoms with van der Waals surface area (Å²) in [5.41, 5.74) is 6.30. The molecule has 0 radical (unpaired) electrons. The highest BCUT2D eigenvalue weighted by atomic mass is 79.9. The lowest BCUT2D eigenvalue weighted by Gasteiger charge is -2.15. The maximum absolute atomic E-state index is 11.7. The Balaban J connectivity index is 2.71. The van der Waals surface area contributed by atoms with E-state index >= 15 is 0 Å². The Bertz CT molecular complexity index is 354. The highest BCUT2D eigenvalue weighted by Gasteiger charge is 2.17. The third-order valence-corrected chi connectivity index (χ3v) is 2.85. The van der Waals surface area contributed by atoms with Gasteiger partial charge in [0.05, 0.1) is 11.6 Å². The summed E-state index contributed by atoms with van der Waals surface area (Å²) in [6.45, 7) is 3.60. The molecule has 0 aliphatic heterocycles. The summed E-state index contributed by atoms with van der Waals surface area (Å²) >= 11 is 3.25. The number of aromatic nitrogens is 1. The Morgan fingerprint density at radius 2 is 2.27 bits per heavy atom. The quantitative estimate of drug-likeness (QED) is 0.824. The van der Waals surface area contributed by atoms with Crippen LogP contribution in [0.4, 0.5) is 5.69 Å². The molecule has 0 bridgehead atoms. The van der Waals surface area contributed by atoms with Gasteiger partial charge in [-0.05, 0) is 35.0 Å². The summed E-state index contributed by atoms with van der Waals surface area (Å²) in [4.78, 5) is 15.7. The van der Waals surface area contributed by atoms with Crippen molar-refractivity contribution >= 4 is 27.5 Å². The summed E-state index contributed by atoms with van der Waals surface area (Å²) < 4.78 is 0.621. The van der Waals surface area contributed by atoms with Gasteiger partial charge in [0, 0.05) is 12.2 Å². The van der Waals surface area contributed by atoms with Gasteiger partial charge in [0.1, 0.15) is 4.60 Å². The van der Waals surface area contributed by atoms with E-state index in [9.17, 15) is 4.79 Å². The summed E-state index contributed by atoms with van der Waals surface area (Å²) in [5.74, 6) is -0.323. The number of carbonyl (C=O) groups excluding carboxylic acids is 1. The Labute approximate surface area is 97.4 Å². The van der Waals surface area contributed by atoms with E-state index in [1.165, 1.54) is 0 Å². The smallest absolute Gasteiger partial charge is 0.228 e. The van der Waals surface area contributed by atoms with E-state index in [2.05, 4.69) is 26.2 Å². The monoisotopic (exact) mass is 271 g/mol. The minimum Gasteiger partial charge on any atom is -0.327 e. The number of amides is 1. The van der Waals surface area contributed by atoms with Gasteiger partial charge in [0.15, 0.2) is 0 Å². The predicted molar refractivity (Wildman–Crippen MR) is 63.4 cm³/mol. The van der Waals surface area contributed by atoms with Crippen LogP contribution in [0, 0.1) is 5.92 Å². The van der Waals surface area contributed by atoms with E-state index < -0.39 is 0 Å². The fourth-order valence-electron chi connectivity index (χ4n) is 0.965. The lowest BCUT2D eigenvalue weighted by molar-refractivity contribution is -0.119. The molecule has 82 valence electrons. The average molecular weight is 272 g/mol. The highest BCUT2D eigenvalue weighted by molar-refractivity contribution is 9.10. The zero-order valence-corrected chi connectivity index (χ0v) is 10.3. The first kappa shape index (κ1) is 12.1. The third kappa shape index (κ3) is 3.28. The molecule has 2 atom stereocenters. The van der Waals surface area contributed by atoms with Gasteiger partial charge in [0.25, 0.3) is 0 Å². The number of nitrogens with two attached hydrogens (primary N) is 1. The Morgan fingerprint density at radius 3 is 2.80 bits per heavy atom. The van der Waals surface area contributed by atoms with Gasteiger partial charge >= 0.3 is 0 Å². The van der Waals surface area contributed by atoms with Crippen LogP contribution in [-0.4, -0.2) is 16.9 Å². The molecule has 5 heteroatoms. The first-order chi connectivity index (χ1) is 7.02. The van der Waals surface area contributed by atoms with E-state index in [0.29, 0.717) is 10.3 Å². The topological polar surface area (TPSA) is 68.0 Å². The Hall–Kier alpha value is -0.940. The molecule has 15 heavy (non-hydrogen) atoms. The van der Waals surface area contributed by atoms with Crippen molar-refractivity contribution < 1.29 is 4.79 Å². The Morgan fingerprint density at radius 1 is 1.60 bits per heavy atom. The molecule has 3 N–H and O–H groups in total. The van der Waals surface area contributed by atoms with Crippen LogP contribution in [0.1, 0.15) is 13.8 Å². The van der Waals surface area contributed by atoms with Crippen molar-refractivity contribution in [3.8, 4) is 0 Å². The molecule has 1 heterocycles. The number of anilines is 1. The van der Waals surface area contributed by atoms with Gasteiger partial charge in [-0.3, -0.25) is 4.79 Å². The minimum absolute atomic E-state index is 0.0984. The summed E-state index contributed by atoms with van der Waals surface area (Å²) in [5, 5.41) is 2.76. The normalized spacial score (nSPS) is 14.4. The molecule has 2 unspecified atom stereocenters. The van der Waals surface area contributed by atoms with Crippen LogP contribution in [0.2, 0.25) is 0 Å². The van der Waals surface area contributed by atoms with Gasteiger partial charge in [-0.1, -0.05) is 6.92 Å². The molecule has 4 nitrogen and oxygen atoms in total. The fraction of sp³-hybridized carbons (Fsp3) is 0.400. The van der Waals surface area contributed by atoms with E-state index in [1.54, 1.807) is 25.3 Å². The van der Waals surface area contributed by atoms with Crippen LogP contribution >= 0.6 is 15.9 Å². The first-order valence-electron chi connectivity index (χ1n) is 4.69. The van der Waals surface area contributed by atoms with E-state index in [4.69, 9.17) is 5.73 Å². The summed E-state index contributed by atoms with van der Waals surface area (Å²) in [6, 6.07) is 3.38. The molecule has 1 aromatic rings. The van der Waals surface area contributed by atoms with Crippen molar-refractivity contribution in [3.63, 3.8) is 0 Å². The van der Waals surface area contributed by atoms with Crippen molar-refractivity contribution in [1.29, 1.82) is 0 Å². The molecule has 1 amide bonds. The van der Waals surface area contributed by atoms with Gasteiger partial charge in [-0.15, -0.1) is 0 Å². The molecule has 0 aliphatic rings. The number of nitrogens with one attached hydrogen (secondary N) is 1. The number of hydrogen-bond acceptors (Lipinski definition) is 3. The number of rotatable bonds is 3. The van der Waals surface area contributed by atoms with Crippen LogP contribution in [0.25, 0.3) is 0 Å². The zero-order valence-electron chi connectivity index (χ0n) is 8.70. The molecule has 0 fully saturated rings. The number of carbonyl (C=O) groups is 1. The maximum atomic E-state index is 11.7. The average Bonchev–Trinajstić information content (AvgIpc) is 2.20. The summed E-state index contributed by atoms with van der Waals surface area (Å²) in [7, 11) is 0. The third-order valence-electron chi connectivity index (χ3n) is 2.22. The lowest BCUT2D eigenvalue weighted by atomic mass is 10.0. The Kier molecular flexibility index (Phi) is 4.23. The summed E-state index contributed by atoms with van der Waals surface area (Å²) in [6.07, 6.45) is 1.65. The molecule has 1 aromatic heterocycles. The van der Waals surface area contributed by atoms with Crippen molar-refractivity contribution in [2.45, 2.75) is 19.9 Å². The molecule has 0 aromatic carbocycles. The number of hydrogen-bond donors (Lipinski definition) is 2. The molecular formula is C10H14BrN3O. The zero-order chi connectivity index (χ0) is 11.4. The van der Waals surface area contributed by atoms with Crippen LogP contribution in [0.3, 0.4) is 0 Å². The molecule has 0 aliphatic carbocycles. The largest absolute Gasteiger partial charge is 0.327 e. The van der Waals surface area contributed by atoms with Crippen LogP contribution in [0.15, 0.2) is 22.9 Å². The van der Waals surface area contributed by atoms with Gasteiger partial charge in [-0.2, -0.15) is 0 Å². The molecule has 0 saturated carbocycles. The highest BCUT2D eigenvalue weighted by Crippen LogP contribution is 2.19. The number of nitrogens with zero attached hydrogens (tertiary/aromatic N) is 1. The minimum atomic E-state index is -0.225. The van der Waals surface area contributed by atoms with Crippen LogP contribution < -0.4 is 11.1 Å². The predicted octanol–water partition coefficient (Wildman–Crippen LogP) is 1.77. The lowest BCUT2D eigenvalue weighted by Crippen LogP contribution is -2.34. The maximum Gasteiger partial charge on any atom is 0.228 e. The second kappa shape index (κ2) is 5.23. The molecule has 0 saturated heterocycles. The molecule has 1 rings (SSSR count). The first-order valence-corrected chi connectivity index (χ1v) is 5.48. The van der Waals surface area contributed by atoms with E-state index in [1.807, 2.05) is 6.92 Å². The molecular weight excluding hydrogens is 258 g/mol. The number of halogens is 1. The van der Waals surface area contributed by atoms with Crippen LogP contribution in [-0.2, 0) is 4.79 Å². The van der Waals surface area contributed by atoms with Crippen molar-refractivity contribution in [2.75, 3.05) is 5.32 Å². The van der Waals surface area contributed by atoms with Crippen molar-refractivity contribution in [3.05, 3.63) is 22.9 Å². The van der Waals surface area contributed by atoms with Crippen LogP contribution in [0.5, 0.6) is 0 Å².